The largest absolute Gasteiger partial charge is 0.497 e. The van der Waals surface area contributed by atoms with Crippen LogP contribution >= 0.6 is 23.2 Å². The standard InChI is InChI=1S/C15H16Cl2O5/c1-14(8-15(14,16)17)13(19)22-7-11(18)10-5-4-9(20-2)6-12(10)21-3/h4-6H,7-8H2,1-3H3. The van der Waals surface area contributed by atoms with Gasteiger partial charge in [-0.1, -0.05) is 0 Å². The average Bonchev–Trinajstić information content (AvgIpc) is 3.03. The molecule has 1 unspecified atom stereocenters. The van der Waals surface area contributed by atoms with E-state index < -0.39 is 22.3 Å². The molecule has 1 aromatic carbocycles. The zero-order valence-corrected chi connectivity index (χ0v) is 14.0. The second-order valence-corrected chi connectivity index (χ2v) is 6.76. The van der Waals surface area contributed by atoms with Crippen molar-refractivity contribution in [3.8, 4) is 11.5 Å². The fourth-order valence-electron chi connectivity index (χ4n) is 2.02. The van der Waals surface area contributed by atoms with Crippen LogP contribution in [-0.4, -0.2) is 36.9 Å². The maximum absolute atomic E-state index is 12.2. The highest BCUT2D eigenvalue weighted by Gasteiger charge is 2.69. The number of carbonyl (C=O) groups excluding carboxylic acids is 2. The molecule has 7 heteroatoms. The molecule has 0 N–H and O–H groups in total. The van der Waals surface area contributed by atoms with E-state index in [2.05, 4.69) is 0 Å². The maximum Gasteiger partial charge on any atom is 0.315 e. The van der Waals surface area contributed by atoms with Crippen LogP contribution in [0.3, 0.4) is 0 Å². The molecule has 1 fully saturated rings. The summed E-state index contributed by atoms with van der Waals surface area (Å²) in [5.41, 5.74) is -0.652. The Balaban J connectivity index is 2.03. The summed E-state index contributed by atoms with van der Waals surface area (Å²) in [4.78, 5) is 24.1. The van der Waals surface area contributed by atoms with Gasteiger partial charge in [0.2, 0.25) is 5.78 Å². The molecule has 5 nitrogen and oxygen atoms in total. The fourth-order valence-corrected chi connectivity index (χ4v) is 2.71. The van der Waals surface area contributed by atoms with Gasteiger partial charge in [-0.3, -0.25) is 9.59 Å². The molecule has 22 heavy (non-hydrogen) atoms. The lowest BCUT2D eigenvalue weighted by molar-refractivity contribution is -0.148. The van der Waals surface area contributed by atoms with Crippen LogP contribution in [0.2, 0.25) is 0 Å². The molecule has 0 bridgehead atoms. The van der Waals surface area contributed by atoms with Gasteiger partial charge in [0.1, 0.15) is 21.2 Å². The minimum absolute atomic E-state index is 0.306. The number of ether oxygens (including phenoxy) is 3. The summed E-state index contributed by atoms with van der Waals surface area (Å²) in [6, 6.07) is 4.77. The molecule has 120 valence electrons. The Morgan fingerprint density at radius 3 is 2.36 bits per heavy atom. The topological polar surface area (TPSA) is 61.8 Å². The molecule has 0 heterocycles. The Kier molecular flexibility index (Phi) is 4.59. The Labute approximate surface area is 138 Å². The third kappa shape index (κ3) is 3.01. The van der Waals surface area contributed by atoms with Crippen LogP contribution in [0.1, 0.15) is 23.7 Å². The molecule has 0 aliphatic heterocycles. The maximum atomic E-state index is 12.2. The van der Waals surface area contributed by atoms with E-state index in [1.165, 1.54) is 14.2 Å². The van der Waals surface area contributed by atoms with Crippen LogP contribution in [0.5, 0.6) is 11.5 Å². The molecule has 2 rings (SSSR count). The summed E-state index contributed by atoms with van der Waals surface area (Å²) in [6.45, 7) is 1.20. The van der Waals surface area contributed by atoms with E-state index in [-0.39, 0.29) is 5.78 Å². The summed E-state index contributed by atoms with van der Waals surface area (Å²) >= 11 is 11.8. The van der Waals surface area contributed by atoms with Gasteiger partial charge < -0.3 is 14.2 Å². The lowest BCUT2D eigenvalue weighted by Crippen LogP contribution is -2.24. The number of esters is 1. The lowest BCUT2D eigenvalue weighted by Gasteiger charge is -2.13. The summed E-state index contributed by atoms with van der Waals surface area (Å²) in [5.74, 6) is -0.0582. The van der Waals surface area contributed by atoms with Gasteiger partial charge in [0.05, 0.1) is 19.8 Å². The molecule has 0 aromatic heterocycles. The van der Waals surface area contributed by atoms with Crippen molar-refractivity contribution in [3.05, 3.63) is 23.8 Å². The summed E-state index contributed by atoms with van der Waals surface area (Å²) in [7, 11) is 2.96. The molecule has 1 aliphatic rings. The number of rotatable bonds is 6. The molecular weight excluding hydrogens is 331 g/mol. The molecule has 0 saturated heterocycles. The molecule has 1 aromatic rings. The molecule has 1 aliphatic carbocycles. The van der Waals surface area contributed by atoms with E-state index in [4.69, 9.17) is 37.4 Å². The number of carbonyl (C=O) groups is 2. The minimum atomic E-state index is -1.12. The second kappa shape index (κ2) is 5.97. The van der Waals surface area contributed by atoms with Gasteiger partial charge >= 0.3 is 5.97 Å². The van der Waals surface area contributed by atoms with Crippen molar-refractivity contribution >= 4 is 35.0 Å². The first-order chi connectivity index (χ1) is 10.2. The molecule has 0 radical (unpaired) electrons. The van der Waals surface area contributed by atoms with Crippen molar-refractivity contribution < 1.29 is 23.8 Å². The molecule has 0 amide bonds. The third-order valence-corrected chi connectivity index (χ3v) is 4.85. The van der Waals surface area contributed by atoms with Gasteiger partial charge in [0.15, 0.2) is 6.61 Å². The summed E-state index contributed by atoms with van der Waals surface area (Å²) < 4.78 is 14.1. The first-order valence-electron chi connectivity index (χ1n) is 6.55. The number of benzene rings is 1. The Hall–Kier alpha value is -1.46. The van der Waals surface area contributed by atoms with Crippen molar-refractivity contribution in [3.63, 3.8) is 0 Å². The molecular formula is C15H16Cl2O5. The summed E-state index contributed by atoms with van der Waals surface area (Å²) in [5, 5.41) is 0. The van der Waals surface area contributed by atoms with Gasteiger partial charge in [-0.15, -0.1) is 23.2 Å². The Morgan fingerprint density at radius 1 is 1.23 bits per heavy atom. The highest BCUT2D eigenvalue weighted by atomic mass is 35.5. The van der Waals surface area contributed by atoms with E-state index >= 15 is 0 Å². The van der Waals surface area contributed by atoms with Gasteiger partial charge in [-0.05, 0) is 19.1 Å². The molecule has 0 spiro atoms. The van der Waals surface area contributed by atoms with E-state index in [0.717, 1.165) is 0 Å². The van der Waals surface area contributed by atoms with Crippen molar-refractivity contribution in [2.24, 2.45) is 5.41 Å². The van der Waals surface area contributed by atoms with Crippen LogP contribution in [0.4, 0.5) is 0 Å². The lowest BCUT2D eigenvalue weighted by atomic mass is 10.1. The van der Waals surface area contributed by atoms with Gasteiger partial charge in [-0.25, -0.2) is 0 Å². The van der Waals surface area contributed by atoms with Crippen molar-refractivity contribution in [1.29, 1.82) is 0 Å². The smallest absolute Gasteiger partial charge is 0.315 e. The van der Waals surface area contributed by atoms with Crippen molar-refractivity contribution in [1.82, 2.24) is 0 Å². The quantitative estimate of drug-likeness (QED) is 0.450. The number of alkyl halides is 2. The number of hydrogen-bond acceptors (Lipinski definition) is 5. The monoisotopic (exact) mass is 346 g/mol. The van der Waals surface area contributed by atoms with Crippen LogP contribution in [0, 0.1) is 5.41 Å². The van der Waals surface area contributed by atoms with Crippen LogP contribution in [0.25, 0.3) is 0 Å². The predicted molar refractivity (Wildman–Crippen MR) is 82.0 cm³/mol. The normalized spacial score (nSPS) is 21.9. The Bertz CT molecular complexity index is 614. The fraction of sp³-hybridized carbons (Fsp3) is 0.467. The SMILES string of the molecule is COc1ccc(C(=O)COC(=O)C2(C)CC2(Cl)Cl)c(OC)c1. The van der Waals surface area contributed by atoms with Gasteiger partial charge in [0, 0.05) is 12.5 Å². The van der Waals surface area contributed by atoms with Crippen LogP contribution in [-0.2, 0) is 9.53 Å². The summed E-state index contributed by atoms with van der Waals surface area (Å²) in [6.07, 6.45) is 0.308. The first kappa shape index (κ1) is 16.9. The third-order valence-electron chi connectivity index (χ3n) is 3.75. The highest BCUT2D eigenvalue weighted by molar-refractivity contribution is 6.53. The van der Waals surface area contributed by atoms with E-state index in [1.54, 1.807) is 25.1 Å². The number of ketones is 1. The van der Waals surface area contributed by atoms with Crippen molar-refractivity contribution in [2.75, 3.05) is 20.8 Å². The predicted octanol–water partition coefficient (Wildman–Crippen LogP) is 3.01. The zero-order valence-electron chi connectivity index (χ0n) is 12.4. The molecule has 1 atom stereocenters. The zero-order chi connectivity index (χ0) is 16.5. The first-order valence-corrected chi connectivity index (χ1v) is 7.31. The van der Waals surface area contributed by atoms with Crippen LogP contribution < -0.4 is 9.47 Å². The average molecular weight is 347 g/mol. The van der Waals surface area contributed by atoms with Crippen molar-refractivity contribution in [2.45, 2.75) is 17.7 Å². The second-order valence-electron chi connectivity index (χ2n) is 5.28. The van der Waals surface area contributed by atoms with E-state index in [0.29, 0.717) is 23.5 Å². The van der Waals surface area contributed by atoms with Crippen LogP contribution in [0.15, 0.2) is 18.2 Å². The Morgan fingerprint density at radius 2 is 1.86 bits per heavy atom. The van der Waals surface area contributed by atoms with E-state index in [9.17, 15) is 9.59 Å². The highest BCUT2D eigenvalue weighted by Crippen LogP contribution is 2.64. The number of methoxy groups -OCH3 is 2. The van der Waals surface area contributed by atoms with Gasteiger partial charge in [0.25, 0.3) is 0 Å². The number of hydrogen-bond donors (Lipinski definition) is 0. The number of Topliss-reactive ketones (excluding diaryl/α,β-unsaturated/α-hetero) is 1. The van der Waals surface area contributed by atoms with E-state index in [1.807, 2.05) is 0 Å². The van der Waals surface area contributed by atoms with Gasteiger partial charge in [-0.2, -0.15) is 0 Å². The minimum Gasteiger partial charge on any atom is -0.497 e. The molecule has 1 saturated carbocycles. The number of halogens is 2.